The lowest BCUT2D eigenvalue weighted by Gasteiger charge is -2.14. The summed E-state index contributed by atoms with van der Waals surface area (Å²) in [6.45, 7) is 6.01. The Morgan fingerprint density at radius 1 is 1.12 bits per heavy atom. The number of fused-ring (bicyclic) bond motifs is 1. The first-order valence-corrected chi connectivity index (χ1v) is 8.96. The summed E-state index contributed by atoms with van der Waals surface area (Å²) in [6.07, 6.45) is 1.86. The van der Waals surface area contributed by atoms with Gasteiger partial charge in [0.2, 0.25) is 0 Å². The van der Waals surface area contributed by atoms with Crippen LogP contribution in [0.3, 0.4) is 0 Å². The molecular formula is C21H25N3O. The van der Waals surface area contributed by atoms with Gasteiger partial charge in [0.05, 0.1) is 11.0 Å². The van der Waals surface area contributed by atoms with Crippen molar-refractivity contribution in [3.8, 4) is 0 Å². The molecule has 130 valence electrons. The van der Waals surface area contributed by atoms with Gasteiger partial charge in [-0.1, -0.05) is 50.6 Å². The highest BCUT2D eigenvalue weighted by Crippen LogP contribution is 2.19. The third kappa shape index (κ3) is 4.08. The standard InChI is InChI=1S/C21H25N3O/c1-3-16(2)15-24-19-12-8-7-11-18(19)23-20(24)13-14-22-21(25)17-9-5-4-6-10-17/h4-12,16H,3,13-15H2,1-2H3,(H,22,25). The number of para-hydroxylation sites is 2. The topological polar surface area (TPSA) is 46.9 Å². The van der Waals surface area contributed by atoms with Gasteiger partial charge in [-0.15, -0.1) is 0 Å². The predicted molar refractivity (Wildman–Crippen MR) is 102 cm³/mol. The Morgan fingerprint density at radius 2 is 1.84 bits per heavy atom. The summed E-state index contributed by atoms with van der Waals surface area (Å²) in [5, 5.41) is 2.99. The van der Waals surface area contributed by atoms with Crippen molar-refractivity contribution in [2.24, 2.45) is 5.92 Å². The minimum Gasteiger partial charge on any atom is -0.352 e. The van der Waals surface area contributed by atoms with E-state index in [1.54, 1.807) is 0 Å². The minimum absolute atomic E-state index is 0.0369. The fraction of sp³-hybridized carbons (Fsp3) is 0.333. The number of carbonyl (C=O) groups is 1. The number of imidazole rings is 1. The van der Waals surface area contributed by atoms with E-state index in [0.29, 0.717) is 18.0 Å². The molecule has 1 aromatic heterocycles. The number of nitrogens with one attached hydrogen (secondary N) is 1. The number of rotatable bonds is 7. The summed E-state index contributed by atoms with van der Waals surface area (Å²) in [5.41, 5.74) is 2.89. The second-order valence-corrected chi connectivity index (χ2v) is 6.51. The van der Waals surface area contributed by atoms with E-state index in [9.17, 15) is 4.79 Å². The van der Waals surface area contributed by atoms with Crippen LogP contribution in [0.1, 0.15) is 36.5 Å². The summed E-state index contributed by atoms with van der Waals surface area (Å²) in [7, 11) is 0. The molecule has 0 bridgehead atoms. The van der Waals surface area contributed by atoms with Gasteiger partial charge in [0.15, 0.2) is 0 Å². The number of aromatic nitrogens is 2. The number of carbonyl (C=O) groups excluding carboxylic acids is 1. The van der Waals surface area contributed by atoms with E-state index in [2.05, 4.69) is 41.9 Å². The molecular weight excluding hydrogens is 310 g/mol. The molecule has 25 heavy (non-hydrogen) atoms. The molecule has 3 rings (SSSR count). The highest BCUT2D eigenvalue weighted by atomic mass is 16.1. The molecule has 0 saturated carbocycles. The van der Waals surface area contributed by atoms with Gasteiger partial charge in [0, 0.05) is 25.1 Å². The minimum atomic E-state index is -0.0369. The van der Waals surface area contributed by atoms with Crippen molar-refractivity contribution in [3.05, 3.63) is 66.0 Å². The third-order valence-electron chi connectivity index (χ3n) is 4.59. The molecule has 3 aromatic rings. The normalized spacial score (nSPS) is 12.2. The van der Waals surface area contributed by atoms with Crippen LogP contribution >= 0.6 is 0 Å². The fourth-order valence-corrected chi connectivity index (χ4v) is 2.94. The summed E-state index contributed by atoms with van der Waals surface area (Å²) >= 11 is 0. The Kier molecular flexibility index (Phi) is 5.49. The average Bonchev–Trinajstić information content (AvgIpc) is 2.99. The van der Waals surface area contributed by atoms with Crippen LogP contribution in [0.25, 0.3) is 11.0 Å². The highest BCUT2D eigenvalue weighted by molar-refractivity contribution is 5.94. The van der Waals surface area contributed by atoms with E-state index in [1.165, 1.54) is 5.52 Å². The second-order valence-electron chi connectivity index (χ2n) is 6.51. The summed E-state index contributed by atoms with van der Waals surface area (Å²) in [4.78, 5) is 17.0. The lowest BCUT2D eigenvalue weighted by Crippen LogP contribution is -2.26. The van der Waals surface area contributed by atoms with Crippen molar-refractivity contribution >= 4 is 16.9 Å². The monoisotopic (exact) mass is 335 g/mol. The van der Waals surface area contributed by atoms with Crippen molar-refractivity contribution < 1.29 is 4.79 Å². The lowest BCUT2D eigenvalue weighted by atomic mass is 10.1. The Hall–Kier alpha value is -2.62. The van der Waals surface area contributed by atoms with Crippen molar-refractivity contribution in [2.75, 3.05) is 6.54 Å². The third-order valence-corrected chi connectivity index (χ3v) is 4.59. The molecule has 1 N–H and O–H groups in total. The van der Waals surface area contributed by atoms with Gasteiger partial charge in [0.25, 0.3) is 5.91 Å². The maximum Gasteiger partial charge on any atom is 0.251 e. The Bertz CT molecular complexity index is 839. The Balaban J connectivity index is 1.72. The average molecular weight is 335 g/mol. The zero-order valence-corrected chi connectivity index (χ0v) is 14.9. The van der Waals surface area contributed by atoms with E-state index >= 15 is 0 Å². The van der Waals surface area contributed by atoms with Crippen molar-refractivity contribution in [1.82, 2.24) is 14.9 Å². The summed E-state index contributed by atoms with van der Waals surface area (Å²) in [5.74, 6) is 1.59. The van der Waals surface area contributed by atoms with Crippen LogP contribution in [0.4, 0.5) is 0 Å². The van der Waals surface area contributed by atoms with Gasteiger partial charge >= 0.3 is 0 Å². The van der Waals surface area contributed by atoms with E-state index in [-0.39, 0.29) is 5.91 Å². The van der Waals surface area contributed by atoms with Crippen LogP contribution in [-0.4, -0.2) is 22.0 Å². The molecule has 2 aromatic carbocycles. The Labute approximate surface area is 148 Å². The number of nitrogens with zero attached hydrogens (tertiary/aromatic N) is 2. The fourth-order valence-electron chi connectivity index (χ4n) is 2.94. The van der Waals surface area contributed by atoms with Crippen LogP contribution in [0.15, 0.2) is 54.6 Å². The van der Waals surface area contributed by atoms with E-state index in [1.807, 2.05) is 36.4 Å². The maximum absolute atomic E-state index is 12.2. The van der Waals surface area contributed by atoms with Gasteiger partial charge in [-0.25, -0.2) is 4.98 Å². The van der Waals surface area contributed by atoms with Gasteiger partial charge in [-0.2, -0.15) is 0 Å². The SMILES string of the molecule is CCC(C)Cn1c(CCNC(=O)c2ccccc2)nc2ccccc21. The first-order chi connectivity index (χ1) is 12.2. The quantitative estimate of drug-likeness (QED) is 0.708. The molecule has 1 unspecified atom stereocenters. The molecule has 1 heterocycles. The first-order valence-electron chi connectivity index (χ1n) is 8.96. The molecule has 4 nitrogen and oxygen atoms in total. The van der Waals surface area contributed by atoms with E-state index < -0.39 is 0 Å². The van der Waals surface area contributed by atoms with Crippen molar-refractivity contribution in [1.29, 1.82) is 0 Å². The lowest BCUT2D eigenvalue weighted by molar-refractivity contribution is 0.0954. The van der Waals surface area contributed by atoms with E-state index in [4.69, 9.17) is 4.98 Å². The van der Waals surface area contributed by atoms with Crippen LogP contribution in [0, 0.1) is 5.92 Å². The van der Waals surface area contributed by atoms with Crippen molar-refractivity contribution in [2.45, 2.75) is 33.2 Å². The zero-order valence-electron chi connectivity index (χ0n) is 14.9. The molecule has 0 spiro atoms. The number of amides is 1. The van der Waals surface area contributed by atoms with Gasteiger partial charge in [0.1, 0.15) is 5.82 Å². The molecule has 1 atom stereocenters. The largest absolute Gasteiger partial charge is 0.352 e. The molecule has 0 fully saturated rings. The predicted octanol–water partition coefficient (Wildman–Crippen LogP) is 4.05. The molecule has 0 saturated heterocycles. The van der Waals surface area contributed by atoms with Crippen LogP contribution in [0.2, 0.25) is 0 Å². The van der Waals surface area contributed by atoms with Crippen LogP contribution in [-0.2, 0) is 13.0 Å². The second kappa shape index (κ2) is 7.97. The Morgan fingerprint density at radius 3 is 2.60 bits per heavy atom. The maximum atomic E-state index is 12.2. The highest BCUT2D eigenvalue weighted by Gasteiger charge is 2.13. The first kappa shape index (κ1) is 17.2. The van der Waals surface area contributed by atoms with Gasteiger partial charge in [-0.3, -0.25) is 4.79 Å². The molecule has 0 aliphatic heterocycles. The molecule has 0 aliphatic carbocycles. The number of hydrogen-bond donors (Lipinski definition) is 1. The van der Waals surface area contributed by atoms with Gasteiger partial charge in [-0.05, 0) is 30.2 Å². The zero-order chi connectivity index (χ0) is 17.6. The van der Waals surface area contributed by atoms with Gasteiger partial charge < -0.3 is 9.88 Å². The summed E-state index contributed by atoms with van der Waals surface area (Å²) < 4.78 is 2.30. The van der Waals surface area contributed by atoms with E-state index in [0.717, 1.165) is 30.7 Å². The molecule has 0 aliphatic rings. The molecule has 0 radical (unpaired) electrons. The van der Waals surface area contributed by atoms with Crippen molar-refractivity contribution in [3.63, 3.8) is 0 Å². The summed E-state index contributed by atoms with van der Waals surface area (Å²) in [6, 6.07) is 17.6. The molecule has 1 amide bonds. The number of benzene rings is 2. The number of hydrogen-bond acceptors (Lipinski definition) is 2. The smallest absolute Gasteiger partial charge is 0.251 e. The van der Waals surface area contributed by atoms with Crippen LogP contribution < -0.4 is 5.32 Å². The molecule has 4 heteroatoms. The van der Waals surface area contributed by atoms with Crippen LogP contribution in [0.5, 0.6) is 0 Å².